The fraction of sp³-hybridized carbons (Fsp3) is 0.500. The third kappa shape index (κ3) is 3.03. The number of carboxylic acid groups (broad SMARTS) is 1. The van der Waals surface area contributed by atoms with Gasteiger partial charge in [-0.3, -0.25) is 9.78 Å². The van der Waals surface area contributed by atoms with Crippen LogP contribution in [-0.4, -0.2) is 23.1 Å². The van der Waals surface area contributed by atoms with Gasteiger partial charge in [0.15, 0.2) is 0 Å². The number of aromatic nitrogens is 1. The molecule has 0 spiro atoms. The summed E-state index contributed by atoms with van der Waals surface area (Å²) >= 11 is 0. The first kappa shape index (κ1) is 12.6. The molecule has 4 heteroatoms. The van der Waals surface area contributed by atoms with Gasteiger partial charge in [-0.2, -0.15) is 0 Å². The first-order valence-electron chi connectivity index (χ1n) is 5.26. The van der Waals surface area contributed by atoms with Gasteiger partial charge < -0.3 is 10.4 Å². The Kier molecular flexibility index (Phi) is 4.01. The molecule has 16 heavy (non-hydrogen) atoms. The number of carboxylic acids is 1. The van der Waals surface area contributed by atoms with E-state index >= 15 is 0 Å². The van der Waals surface area contributed by atoms with E-state index in [-0.39, 0.29) is 17.9 Å². The zero-order valence-electron chi connectivity index (χ0n) is 9.90. The predicted molar refractivity (Wildman–Crippen MR) is 62.1 cm³/mol. The van der Waals surface area contributed by atoms with Gasteiger partial charge in [0.05, 0.1) is 6.42 Å². The van der Waals surface area contributed by atoms with Crippen molar-refractivity contribution in [3.63, 3.8) is 0 Å². The second-order valence-corrected chi connectivity index (χ2v) is 4.57. The Hall–Kier alpha value is -1.42. The highest BCUT2D eigenvalue weighted by molar-refractivity contribution is 5.67. The number of aliphatic carboxylic acids is 1. The highest BCUT2D eigenvalue weighted by Gasteiger charge is 2.32. The Bertz CT molecular complexity index is 349. The van der Waals surface area contributed by atoms with E-state index in [0.29, 0.717) is 0 Å². The van der Waals surface area contributed by atoms with Crippen molar-refractivity contribution in [3.8, 4) is 0 Å². The molecule has 1 heterocycles. The largest absolute Gasteiger partial charge is 0.481 e. The molecule has 88 valence electrons. The van der Waals surface area contributed by atoms with Crippen molar-refractivity contribution in [2.75, 3.05) is 7.05 Å². The lowest BCUT2D eigenvalue weighted by molar-refractivity contribution is -0.139. The summed E-state index contributed by atoms with van der Waals surface area (Å²) < 4.78 is 0. The second-order valence-electron chi connectivity index (χ2n) is 4.57. The molecule has 0 saturated heterocycles. The quantitative estimate of drug-likeness (QED) is 0.798. The zero-order chi connectivity index (χ0) is 12.2. The fourth-order valence-corrected chi connectivity index (χ4v) is 2.05. The molecule has 2 N–H and O–H groups in total. The average molecular weight is 222 g/mol. The molecule has 0 fully saturated rings. The normalized spacial score (nSPS) is 13.4. The van der Waals surface area contributed by atoms with Crippen molar-refractivity contribution < 1.29 is 9.90 Å². The minimum Gasteiger partial charge on any atom is -0.481 e. The molecule has 4 nitrogen and oxygen atoms in total. The molecule has 0 aromatic carbocycles. The zero-order valence-corrected chi connectivity index (χ0v) is 9.90. The van der Waals surface area contributed by atoms with Gasteiger partial charge in [0.2, 0.25) is 0 Å². The lowest BCUT2D eigenvalue weighted by atomic mass is 9.78. The summed E-state index contributed by atoms with van der Waals surface area (Å²) in [6, 6.07) is 3.80. The standard InChI is InChI=1S/C12H18N2O2/c1-12(2,7-10(15)16)11(13-3)9-5-4-6-14-8-9/h4-6,8,11,13H,7H2,1-3H3,(H,15,16). The van der Waals surface area contributed by atoms with Crippen LogP contribution in [0.15, 0.2) is 24.5 Å². The van der Waals surface area contributed by atoms with Crippen LogP contribution in [0.2, 0.25) is 0 Å². The number of hydrogen-bond donors (Lipinski definition) is 2. The van der Waals surface area contributed by atoms with Gasteiger partial charge in [0.25, 0.3) is 0 Å². The van der Waals surface area contributed by atoms with E-state index in [2.05, 4.69) is 10.3 Å². The predicted octanol–water partition coefficient (Wildman–Crippen LogP) is 1.84. The minimum absolute atomic E-state index is 0.0164. The summed E-state index contributed by atoms with van der Waals surface area (Å²) in [5.74, 6) is -0.783. The van der Waals surface area contributed by atoms with Gasteiger partial charge in [-0.1, -0.05) is 19.9 Å². The molecular weight excluding hydrogens is 204 g/mol. The number of hydrogen-bond acceptors (Lipinski definition) is 3. The lowest BCUT2D eigenvalue weighted by Crippen LogP contribution is -2.34. The molecule has 0 aliphatic heterocycles. The summed E-state index contributed by atoms with van der Waals surface area (Å²) in [4.78, 5) is 14.9. The monoisotopic (exact) mass is 222 g/mol. The topological polar surface area (TPSA) is 62.2 Å². The lowest BCUT2D eigenvalue weighted by Gasteiger charge is -2.33. The SMILES string of the molecule is CNC(c1cccnc1)C(C)(C)CC(=O)O. The molecule has 1 atom stereocenters. The van der Waals surface area contributed by atoms with E-state index in [4.69, 9.17) is 5.11 Å². The number of nitrogens with zero attached hydrogens (tertiary/aromatic N) is 1. The molecule has 0 aliphatic rings. The van der Waals surface area contributed by atoms with Crippen molar-refractivity contribution in [1.82, 2.24) is 10.3 Å². The van der Waals surface area contributed by atoms with Crippen LogP contribution in [-0.2, 0) is 4.79 Å². The number of carbonyl (C=O) groups is 1. The van der Waals surface area contributed by atoms with Crippen molar-refractivity contribution >= 4 is 5.97 Å². The highest BCUT2D eigenvalue weighted by Crippen LogP contribution is 2.35. The molecule has 0 bridgehead atoms. The molecule has 0 radical (unpaired) electrons. The average Bonchev–Trinajstić information content (AvgIpc) is 2.17. The van der Waals surface area contributed by atoms with Crippen LogP contribution >= 0.6 is 0 Å². The van der Waals surface area contributed by atoms with E-state index in [1.54, 1.807) is 12.4 Å². The Balaban J connectivity index is 2.94. The first-order chi connectivity index (χ1) is 7.47. The van der Waals surface area contributed by atoms with Gasteiger partial charge in [0, 0.05) is 18.4 Å². The van der Waals surface area contributed by atoms with Crippen LogP contribution in [0.25, 0.3) is 0 Å². The Morgan fingerprint density at radius 2 is 2.31 bits per heavy atom. The number of rotatable bonds is 5. The third-order valence-corrected chi connectivity index (χ3v) is 2.69. The van der Waals surface area contributed by atoms with Crippen molar-refractivity contribution in [2.45, 2.75) is 26.3 Å². The van der Waals surface area contributed by atoms with Crippen LogP contribution in [0.5, 0.6) is 0 Å². The maximum Gasteiger partial charge on any atom is 0.303 e. The Morgan fingerprint density at radius 1 is 1.62 bits per heavy atom. The second kappa shape index (κ2) is 5.07. The summed E-state index contributed by atoms with van der Waals surface area (Å²) in [5.41, 5.74) is 0.653. The first-order valence-corrected chi connectivity index (χ1v) is 5.26. The molecular formula is C12H18N2O2. The fourth-order valence-electron chi connectivity index (χ4n) is 2.05. The van der Waals surface area contributed by atoms with Crippen LogP contribution in [0, 0.1) is 5.41 Å². The molecule has 1 aromatic heterocycles. The number of nitrogens with one attached hydrogen (secondary N) is 1. The Labute approximate surface area is 95.7 Å². The third-order valence-electron chi connectivity index (χ3n) is 2.69. The molecule has 1 rings (SSSR count). The molecule has 0 amide bonds. The summed E-state index contributed by atoms with van der Waals surface area (Å²) in [7, 11) is 1.83. The van der Waals surface area contributed by atoms with Crippen molar-refractivity contribution in [2.24, 2.45) is 5.41 Å². The summed E-state index contributed by atoms with van der Waals surface area (Å²) in [6.45, 7) is 3.88. The van der Waals surface area contributed by atoms with E-state index in [1.165, 1.54) is 0 Å². The van der Waals surface area contributed by atoms with Crippen LogP contribution in [0.1, 0.15) is 31.9 Å². The molecule has 0 aliphatic carbocycles. The molecule has 0 saturated carbocycles. The van der Waals surface area contributed by atoms with E-state index in [1.807, 2.05) is 33.0 Å². The van der Waals surface area contributed by atoms with Crippen molar-refractivity contribution in [3.05, 3.63) is 30.1 Å². The van der Waals surface area contributed by atoms with Crippen LogP contribution < -0.4 is 5.32 Å². The minimum atomic E-state index is -0.783. The van der Waals surface area contributed by atoms with Gasteiger partial charge in [-0.25, -0.2) is 0 Å². The van der Waals surface area contributed by atoms with E-state index in [9.17, 15) is 4.79 Å². The Morgan fingerprint density at radius 3 is 2.75 bits per heavy atom. The highest BCUT2D eigenvalue weighted by atomic mass is 16.4. The van der Waals surface area contributed by atoms with E-state index in [0.717, 1.165) is 5.56 Å². The van der Waals surface area contributed by atoms with Gasteiger partial charge in [-0.15, -0.1) is 0 Å². The maximum atomic E-state index is 10.8. The van der Waals surface area contributed by atoms with Crippen molar-refractivity contribution in [1.29, 1.82) is 0 Å². The number of pyridine rings is 1. The van der Waals surface area contributed by atoms with Crippen LogP contribution in [0.3, 0.4) is 0 Å². The van der Waals surface area contributed by atoms with Crippen LogP contribution in [0.4, 0.5) is 0 Å². The molecule has 1 aromatic rings. The van der Waals surface area contributed by atoms with Gasteiger partial charge in [0.1, 0.15) is 0 Å². The summed E-state index contributed by atoms with van der Waals surface area (Å²) in [6.07, 6.45) is 3.60. The molecule has 1 unspecified atom stereocenters. The smallest absolute Gasteiger partial charge is 0.303 e. The van der Waals surface area contributed by atoms with E-state index < -0.39 is 5.97 Å². The summed E-state index contributed by atoms with van der Waals surface area (Å²) in [5, 5.41) is 12.1. The maximum absolute atomic E-state index is 10.8. The van der Waals surface area contributed by atoms with Gasteiger partial charge in [-0.05, 0) is 24.1 Å². The van der Waals surface area contributed by atoms with Gasteiger partial charge >= 0.3 is 5.97 Å².